The highest BCUT2D eigenvalue weighted by Crippen LogP contribution is 2.49. The number of nitrogens with zero attached hydrogens (tertiary/aromatic N) is 3. The predicted octanol–water partition coefficient (Wildman–Crippen LogP) is 3.24. The molecule has 4 aliphatic heterocycles. The van der Waals surface area contributed by atoms with E-state index >= 15 is 0 Å². The van der Waals surface area contributed by atoms with Crippen LogP contribution in [0, 0.1) is 24.7 Å². The van der Waals surface area contributed by atoms with Crippen LogP contribution in [0.3, 0.4) is 0 Å². The number of likely N-dealkylation sites (tertiary alicyclic amines) is 1. The summed E-state index contributed by atoms with van der Waals surface area (Å²) in [6.45, 7) is 9.43. The first-order valence-corrected chi connectivity index (χ1v) is 11.9. The average Bonchev–Trinajstić information content (AvgIpc) is 3.42. The van der Waals surface area contributed by atoms with Crippen molar-refractivity contribution in [2.75, 3.05) is 31.1 Å². The minimum atomic E-state index is 0.127. The summed E-state index contributed by atoms with van der Waals surface area (Å²) in [6, 6.07) is 7.44. The van der Waals surface area contributed by atoms with Crippen LogP contribution < -0.4 is 4.90 Å². The van der Waals surface area contributed by atoms with Gasteiger partial charge in [-0.05, 0) is 62.5 Å². The van der Waals surface area contributed by atoms with Crippen molar-refractivity contribution in [1.29, 1.82) is 0 Å². The van der Waals surface area contributed by atoms with Gasteiger partial charge in [0.2, 0.25) is 11.8 Å². The van der Waals surface area contributed by atoms with Gasteiger partial charge in [-0.1, -0.05) is 31.5 Å². The van der Waals surface area contributed by atoms with Gasteiger partial charge < -0.3 is 9.80 Å². The quantitative estimate of drug-likeness (QED) is 0.767. The zero-order valence-electron chi connectivity index (χ0n) is 18.6. The molecule has 0 spiro atoms. The van der Waals surface area contributed by atoms with Crippen molar-refractivity contribution in [3.8, 4) is 0 Å². The molecule has 0 aliphatic carbocycles. The summed E-state index contributed by atoms with van der Waals surface area (Å²) in [5.41, 5.74) is 3.70. The second-order valence-electron chi connectivity index (χ2n) is 10.0. The summed E-state index contributed by atoms with van der Waals surface area (Å²) in [6.07, 6.45) is 5.39. The Morgan fingerprint density at radius 1 is 1.13 bits per heavy atom. The highest BCUT2D eigenvalue weighted by molar-refractivity contribution is 5.96. The Morgan fingerprint density at radius 3 is 2.50 bits per heavy atom. The molecule has 1 aromatic carbocycles. The molecule has 30 heavy (non-hydrogen) atoms. The van der Waals surface area contributed by atoms with Gasteiger partial charge in [0, 0.05) is 43.3 Å². The first kappa shape index (κ1) is 20.0. The number of rotatable bonds is 4. The lowest BCUT2D eigenvalue weighted by molar-refractivity contribution is -0.134. The topological polar surface area (TPSA) is 43.9 Å². The fourth-order valence-corrected chi connectivity index (χ4v) is 6.63. The standard InChI is InChI=1S/C25H35N3O2/c1-4-17(3)25(30)26-13-19-20(14-26)23-10-9-22(19)28(23)15-24(29)27-11-5-6-18-12-16(2)7-8-21(18)27/h7-8,12,17,19-20,22-23H,4-6,9-11,13-15H2,1-3H3/t17?,19-,20+,22-,23+. The first-order valence-electron chi connectivity index (χ1n) is 11.9. The monoisotopic (exact) mass is 409 g/mol. The number of hydrogen-bond donors (Lipinski definition) is 0. The van der Waals surface area contributed by atoms with Crippen LogP contribution in [-0.2, 0) is 16.0 Å². The van der Waals surface area contributed by atoms with Crippen molar-refractivity contribution in [2.24, 2.45) is 17.8 Å². The molecule has 5 rings (SSSR count). The number of benzene rings is 1. The van der Waals surface area contributed by atoms with E-state index in [-0.39, 0.29) is 11.8 Å². The first-order chi connectivity index (χ1) is 14.5. The van der Waals surface area contributed by atoms with E-state index in [1.165, 1.54) is 24.0 Å². The van der Waals surface area contributed by atoms with Gasteiger partial charge in [0.05, 0.1) is 6.54 Å². The predicted molar refractivity (Wildman–Crippen MR) is 118 cm³/mol. The number of carbonyl (C=O) groups is 2. The Balaban J connectivity index is 1.28. The Labute approximate surface area is 180 Å². The summed E-state index contributed by atoms with van der Waals surface area (Å²) in [7, 11) is 0. The van der Waals surface area contributed by atoms with E-state index in [0.717, 1.165) is 44.6 Å². The molecule has 3 saturated heterocycles. The van der Waals surface area contributed by atoms with Crippen LogP contribution in [0.2, 0.25) is 0 Å². The molecule has 1 aromatic rings. The second-order valence-corrected chi connectivity index (χ2v) is 10.0. The molecule has 0 radical (unpaired) electrons. The summed E-state index contributed by atoms with van der Waals surface area (Å²) >= 11 is 0. The maximum absolute atomic E-state index is 13.4. The molecule has 3 fully saturated rings. The minimum Gasteiger partial charge on any atom is -0.342 e. The zero-order valence-corrected chi connectivity index (χ0v) is 18.6. The molecular weight excluding hydrogens is 374 g/mol. The van der Waals surface area contributed by atoms with E-state index in [2.05, 4.69) is 41.8 Å². The number of aryl methyl sites for hydroxylation is 2. The van der Waals surface area contributed by atoms with Crippen LogP contribution in [0.1, 0.15) is 50.7 Å². The van der Waals surface area contributed by atoms with Gasteiger partial charge >= 0.3 is 0 Å². The molecule has 5 heteroatoms. The van der Waals surface area contributed by atoms with Gasteiger partial charge in [0.25, 0.3) is 0 Å². The van der Waals surface area contributed by atoms with E-state index in [1.807, 2.05) is 11.8 Å². The van der Waals surface area contributed by atoms with Gasteiger partial charge in [0.1, 0.15) is 0 Å². The molecule has 5 atom stereocenters. The molecule has 4 aliphatic rings. The molecule has 4 heterocycles. The molecular formula is C25H35N3O2. The van der Waals surface area contributed by atoms with Crippen LogP contribution in [0.5, 0.6) is 0 Å². The van der Waals surface area contributed by atoms with Gasteiger partial charge in [-0.15, -0.1) is 0 Å². The Bertz CT molecular complexity index is 833. The minimum absolute atomic E-state index is 0.127. The molecule has 2 bridgehead atoms. The highest BCUT2D eigenvalue weighted by atomic mass is 16.2. The van der Waals surface area contributed by atoms with E-state index in [0.29, 0.717) is 36.4 Å². The molecule has 0 aromatic heterocycles. The van der Waals surface area contributed by atoms with Gasteiger partial charge in [-0.3, -0.25) is 14.5 Å². The third-order valence-corrected chi connectivity index (χ3v) is 8.33. The maximum atomic E-state index is 13.4. The molecule has 5 nitrogen and oxygen atoms in total. The lowest BCUT2D eigenvalue weighted by atomic mass is 9.82. The van der Waals surface area contributed by atoms with Crippen molar-refractivity contribution in [3.63, 3.8) is 0 Å². The third kappa shape index (κ3) is 3.17. The van der Waals surface area contributed by atoms with Crippen molar-refractivity contribution in [3.05, 3.63) is 29.3 Å². The number of anilines is 1. The second kappa shape index (κ2) is 7.67. The summed E-state index contributed by atoms with van der Waals surface area (Å²) < 4.78 is 0. The lowest BCUT2D eigenvalue weighted by Crippen LogP contribution is -2.46. The average molecular weight is 410 g/mol. The molecule has 0 saturated carbocycles. The molecule has 162 valence electrons. The van der Waals surface area contributed by atoms with Crippen LogP contribution in [-0.4, -0.2) is 59.9 Å². The Kier molecular flexibility index (Phi) is 5.12. The number of hydrogen-bond acceptors (Lipinski definition) is 3. The number of amides is 2. The fraction of sp³-hybridized carbons (Fsp3) is 0.680. The maximum Gasteiger partial charge on any atom is 0.241 e. The third-order valence-electron chi connectivity index (χ3n) is 8.33. The van der Waals surface area contributed by atoms with Gasteiger partial charge in [-0.25, -0.2) is 0 Å². The SMILES string of the molecule is CCC(C)C(=O)N1C[C@@H]2[C@H](C1)[C@@H]1CC[C@H]2N1CC(=O)N1CCCc2cc(C)ccc21. The van der Waals surface area contributed by atoms with Crippen molar-refractivity contribution < 1.29 is 9.59 Å². The van der Waals surface area contributed by atoms with E-state index in [9.17, 15) is 9.59 Å². The molecule has 2 amide bonds. The summed E-state index contributed by atoms with van der Waals surface area (Å²) in [5, 5.41) is 0. The fourth-order valence-electron chi connectivity index (χ4n) is 6.63. The zero-order chi connectivity index (χ0) is 21.0. The van der Waals surface area contributed by atoms with Crippen LogP contribution in [0.15, 0.2) is 18.2 Å². The Morgan fingerprint density at radius 2 is 1.83 bits per heavy atom. The summed E-state index contributed by atoms with van der Waals surface area (Å²) in [5.74, 6) is 1.82. The van der Waals surface area contributed by atoms with E-state index in [1.54, 1.807) is 0 Å². The highest BCUT2D eigenvalue weighted by Gasteiger charge is 2.57. The van der Waals surface area contributed by atoms with E-state index in [4.69, 9.17) is 0 Å². The normalized spacial score (nSPS) is 31.0. The van der Waals surface area contributed by atoms with Gasteiger partial charge in [-0.2, -0.15) is 0 Å². The number of fused-ring (bicyclic) bond motifs is 6. The smallest absolute Gasteiger partial charge is 0.241 e. The van der Waals surface area contributed by atoms with Crippen molar-refractivity contribution in [1.82, 2.24) is 9.80 Å². The lowest BCUT2D eigenvalue weighted by Gasteiger charge is -2.33. The molecule has 1 unspecified atom stereocenters. The van der Waals surface area contributed by atoms with E-state index < -0.39 is 0 Å². The van der Waals surface area contributed by atoms with Crippen molar-refractivity contribution >= 4 is 17.5 Å². The van der Waals surface area contributed by atoms with Crippen molar-refractivity contribution in [2.45, 2.75) is 65.0 Å². The van der Waals surface area contributed by atoms with Crippen LogP contribution in [0.4, 0.5) is 5.69 Å². The van der Waals surface area contributed by atoms with Crippen LogP contribution in [0.25, 0.3) is 0 Å². The van der Waals surface area contributed by atoms with Crippen LogP contribution >= 0.6 is 0 Å². The number of carbonyl (C=O) groups excluding carboxylic acids is 2. The largest absolute Gasteiger partial charge is 0.342 e. The molecule has 0 N–H and O–H groups in total. The summed E-state index contributed by atoms with van der Waals surface area (Å²) in [4.78, 5) is 32.7. The van der Waals surface area contributed by atoms with Gasteiger partial charge in [0.15, 0.2) is 0 Å². The Hall–Kier alpha value is -1.88.